The van der Waals surface area contributed by atoms with Gasteiger partial charge in [-0.3, -0.25) is 15.6 Å². The highest BCUT2D eigenvalue weighted by Crippen LogP contribution is 2.32. The first-order chi connectivity index (χ1) is 16.6. The number of amidine groups is 1. The van der Waals surface area contributed by atoms with E-state index in [1.165, 1.54) is 11.0 Å². The smallest absolute Gasteiger partial charge is 0.355 e. The van der Waals surface area contributed by atoms with Gasteiger partial charge in [0.15, 0.2) is 17.5 Å². The average molecular weight is 521 g/mol. The summed E-state index contributed by atoms with van der Waals surface area (Å²) < 4.78 is 81.5. The third kappa shape index (κ3) is 5.31. The topological polar surface area (TPSA) is 88.6 Å². The van der Waals surface area contributed by atoms with Crippen molar-refractivity contribution in [3.63, 3.8) is 0 Å². The van der Waals surface area contributed by atoms with Gasteiger partial charge in [0.05, 0.1) is 16.2 Å². The highest BCUT2D eigenvalue weighted by molar-refractivity contribution is 6.31. The summed E-state index contributed by atoms with van der Waals surface area (Å²) >= 11 is 5.73. The minimum Gasteiger partial charge on any atom is -0.355 e. The van der Waals surface area contributed by atoms with Crippen LogP contribution in [-0.2, 0) is 0 Å². The number of H-pyrrole nitrogens is 1. The number of hydrogen-bond acceptors (Lipinski definition) is 5. The number of nitrogens with one attached hydrogen (secondary N) is 3. The van der Waals surface area contributed by atoms with Gasteiger partial charge in [0, 0.05) is 18.7 Å². The first-order valence-electron chi connectivity index (χ1n) is 10.4. The number of aliphatic imine (C=N–C) groups is 1. The van der Waals surface area contributed by atoms with Gasteiger partial charge in [0.25, 0.3) is 0 Å². The molecular formula is C21H19ClF6N6O. The van der Waals surface area contributed by atoms with Gasteiger partial charge in [0.2, 0.25) is 5.95 Å². The molecule has 14 heteroatoms. The normalized spacial score (nSPS) is 17.4. The summed E-state index contributed by atoms with van der Waals surface area (Å²) in [6.07, 6.45) is -3.87. The summed E-state index contributed by atoms with van der Waals surface area (Å²) in [5.41, 5.74) is 1.32. The van der Waals surface area contributed by atoms with Gasteiger partial charge in [0.1, 0.15) is 17.4 Å². The highest BCUT2D eigenvalue weighted by atomic mass is 35.5. The molecule has 188 valence electrons. The average Bonchev–Trinajstić information content (AvgIpc) is 3.45. The first-order valence-corrected chi connectivity index (χ1v) is 10.8. The number of hydroxylamine groups is 1. The molecule has 1 aliphatic rings. The van der Waals surface area contributed by atoms with Crippen LogP contribution in [0.4, 0.5) is 38.0 Å². The van der Waals surface area contributed by atoms with Gasteiger partial charge in [-0.2, -0.15) is 13.2 Å². The summed E-state index contributed by atoms with van der Waals surface area (Å²) in [7, 11) is 0. The second-order valence-electron chi connectivity index (χ2n) is 7.86. The van der Waals surface area contributed by atoms with Crippen molar-refractivity contribution < 1.29 is 31.5 Å². The molecule has 4 N–H and O–H groups in total. The number of halogens is 7. The Morgan fingerprint density at radius 3 is 2.69 bits per heavy atom. The molecule has 0 bridgehead atoms. The molecule has 4 rings (SSSR count). The van der Waals surface area contributed by atoms with E-state index in [1.807, 2.05) is 0 Å². The molecule has 2 aromatic carbocycles. The number of imidazole rings is 1. The lowest BCUT2D eigenvalue weighted by molar-refractivity contribution is -0.175. The van der Waals surface area contributed by atoms with Crippen molar-refractivity contribution in [1.82, 2.24) is 20.3 Å². The fraction of sp³-hybridized carbons (Fsp3) is 0.333. The van der Waals surface area contributed by atoms with E-state index in [-0.39, 0.29) is 53.1 Å². The lowest BCUT2D eigenvalue weighted by atomic mass is 10.1. The van der Waals surface area contributed by atoms with E-state index < -0.39 is 35.2 Å². The zero-order chi connectivity index (χ0) is 25.3. The van der Waals surface area contributed by atoms with Crippen LogP contribution < -0.4 is 10.8 Å². The SMILES string of the molecule is ONC(=Nc1ccc(F)c(Cl)c1)c1cc(F)c(F)c2nc(NCCN3CCC[C@H]3C(F)(F)F)[nH]c12. The highest BCUT2D eigenvalue weighted by Gasteiger charge is 2.45. The Kier molecular flexibility index (Phi) is 7.10. The fourth-order valence-corrected chi connectivity index (χ4v) is 4.16. The number of likely N-dealkylation sites (tertiary alicyclic amines) is 1. The van der Waals surface area contributed by atoms with Crippen LogP contribution >= 0.6 is 11.6 Å². The molecule has 1 fully saturated rings. The number of rotatable bonds is 6. The number of anilines is 1. The monoisotopic (exact) mass is 520 g/mol. The van der Waals surface area contributed by atoms with E-state index >= 15 is 0 Å². The van der Waals surface area contributed by atoms with Gasteiger partial charge in [-0.1, -0.05) is 11.6 Å². The molecule has 0 amide bonds. The minimum atomic E-state index is -4.33. The number of aromatic amines is 1. The maximum Gasteiger partial charge on any atom is 0.404 e. The van der Waals surface area contributed by atoms with E-state index in [0.717, 1.165) is 18.2 Å². The van der Waals surface area contributed by atoms with Crippen LogP contribution in [0.5, 0.6) is 0 Å². The Morgan fingerprint density at radius 2 is 2.00 bits per heavy atom. The van der Waals surface area contributed by atoms with Crippen LogP contribution in [0.25, 0.3) is 11.0 Å². The molecule has 2 heterocycles. The number of hydrogen-bond donors (Lipinski definition) is 4. The predicted molar refractivity (Wildman–Crippen MR) is 118 cm³/mol. The molecule has 0 unspecified atom stereocenters. The van der Waals surface area contributed by atoms with Gasteiger partial charge >= 0.3 is 6.18 Å². The molecule has 1 saturated heterocycles. The standard InChI is InChI=1S/C21H19ClF6N6O/c22-12-8-10(3-4-13(12)23)30-19(33-35)11-9-14(24)16(25)18-17(11)31-20(32-18)29-5-7-34-6-1-2-15(34)21(26,27)28/h3-4,8-9,15,35H,1-2,5-7H2,(H,30,33)(H2,29,31,32)/t15-/m0/s1. The number of nitrogens with zero attached hydrogens (tertiary/aromatic N) is 3. The number of benzene rings is 2. The van der Waals surface area contributed by atoms with Crippen molar-refractivity contribution in [3.05, 3.63) is 52.3 Å². The molecule has 0 saturated carbocycles. The molecule has 7 nitrogen and oxygen atoms in total. The summed E-state index contributed by atoms with van der Waals surface area (Å²) in [6, 6.07) is 2.71. The van der Waals surface area contributed by atoms with Gasteiger partial charge < -0.3 is 10.3 Å². The second-order valence-corrected chi connectivity index (χ2v) is 8.27. The maximum atomic E-state index is 14.4. The third-order valence-corrected chi connectivity index (χ3v) is 5.89. The van der Waals surface area contributed by atoms with E-state index in [9.17, 15) is 31.5 Å². The molecule has 1 atom stereocenters. The van der Waals surface area contributed by atoms with Crippen molar-refractivity contribution in [2.75, 3.05) is 25.0 Å². The van der Waals surface area contributed by atoms with Gasteiger partial charge in [-0.25, -0.2) is 23.1 Å². The van der Waals surface area contributed by atoms with Crippen molar-refractivity contribution in [2.24, 2.45) is 4.99 Å². The number of alkyl halides is 3. The van der Waals surface area contributed by atoms with Crippen LogP contribution in [0.15, 0.2) is 29.3 Å². The Morgan fingerprint density at radius 1 is 1.23 bits per heavy atom. The fourth-order valence-electron chi connectivity index (χ4n) is 3.98. The Balaban J connectivity index is 1.60. The van der Waals surface area contributed by atoms with E-state index in [4.69, 9.17) is 11.6 Å². The third-order valence-electron chi connectivity index (χ3n) is 5.60. The van der Waals surface area contributed by atoms with Crippen molar-refractivity contribution >= 4 is 40.1 Å². The molecule has 0 spiro atoms. The largest absolute Gasteiger partial charge is 0.404 e. The summed E-state index contributed by atoms with van der Waals surface area (Å²) in [5, 5.41) is 12.1. The molecule has 35 heavy (non-hydrogen) atoms. The molecular weight excluding hydrogens is 502 g/mol. The predicted octanol–water partition coefficient (Wildman–Crippen LogP) is 5.13. The van der Waals surface area contributed by atoms with Crippen molar-refractivity contribution in [1.29, 1.82) is 0 Å². The first kappa shape index (κ1) is 25.1. The van der Waals surface area contributed by atoms with Gasteiger partial charge in [-0.15, -0.1) is 0 Å². The zero-order valence-electron chi connectivity index (χ0n) is 17.9. The second kappa shape index (κ2) is 9.91. The van der Waals surface area contributed by atoms with Crippen LogP contribution in [0, 0.1) is 17.5 Å². The zero-order valence-corrected chi connectivity index (χ0v) is 18.6. The van der Waals surface area contributed by atoms with Crippen LogP contribution in [0.1, 0.15) is 18.4 Å². The number of fused-ring (bicyclic) bond motifs is 1. The molecule has 0 aliphatic carbocycles. The molecule has 1 aliphatic heterocycles. The van der Waals surface area contributed by atoms with E-state index in [1.54, 1.807) is 5.48 Å². The van der Waals surface area contributed by atoms with Crippen LogP contribution in [0.2, 0.25) is 5.02 Å². The minimum absolute atomic E-state index is 0.0179. The Labute approximate surface area is 199 Å². The lowest BCUT2D eigenvalue weighted by Gasteiger charge is -2.26. The Bertz CT molecular complexity index is 1260. The van der Waals surface area contributed by atoms with E-state index in [2.05, 4.69) is 20.3 Å². The maximum absolute atomic E-state index is 14.4. The number of aromatic nitrogens is 2. The summed E-state index contributed by atoms with van der Waals surface area (Å²) in [6.45, 7) is 0.408. The molecule has 1 aromatic heterocycles. The van der Waals surface area contributed by atoms with Crippen LogP contribution in [-0.4, -0.2) is 57.8 Å². The molecule has 3 aromatic rings. The van der Waals surface area contributed by atoms with Crippen LogP contribution in [0.3, 0.4) is 0 Å². The summed E-state index contributed by atoms with van der Waals surface area (Å²) in [5.74, 6) is -3.59. The Hall–Kier alpha value is -3.03. The lowest BCUT2D eigenvalue weighted by Crippen LogP contribution is -2.43. The van der Waals surface area contributed by atoms with Crippen molar-refractivity contribution in [2.45, 2.75) is 25.1 Å². The van der Waals surface area contributed by atoms with Gasteiger partial charge in [-0.05, 0) is 43.7 Å². The summed E-state index contributed by atoms with van der Waals surface area (Å²) in [4.78, 5) is 12.1. The molecule has 0 radical (unpaired) electrons. The van der Waals surface area contributed by atoms with E-state index in [0.29, 0.717) is 13.0 Å². The van der Waals surface area contributed by atoms with Crippen molar-refractivity contribution in [3.8, 4) is 0 Å². The quantitative estimate of drug-likeness (QED) is 0.157.